The normalized spacial score (nSPS) is 19.7. The summed E-state index contributed by atoms with van der Waals surface area (Å²) in [5.74, 6) is -1.64. The maximum Gasteiger partial charge on any atom is 0.335 e. The number of carboxylic acids is 1. The molecule has 0 bridgehead atoms. The van der Waals surface area contributed by atoms with Crippen molar-refractivity contribution in [3.05, 3.63) is 29.6 Å². The molecule has 2 aliphatic rings. The fraction of sp³-hybridized carbons (Fsp3) is 0.588. The molecule has 6 heteroatoms. The van der Waals surface area contributed by atoms with E-state index in [2.05, 4.69) is 9.80 Å². The molecular weight excluding hydrogens is 299 g/mol. The van der Waals surface area contributed by atoms with E-state index >= 15 is 0 Å². The number of piperazine rings is 1. The predicted molar refractivity (Wildman–Crippen MR) is 84.5 cm³/mol. The first-order valence-corrected chi connectivity index (χ1v) is 8.25. The van der Waals surface area contributed by atoms with Crippen LogP contribution < -0.4 is 4.74 Å². The third-order valence-electron chi connectivity index (χ3n) is 4.53. The molecular formula is C17H23FN2O3. The van der Waals surface area contributed by atoms with E-state index in [9.17, 15) is 9.18 Å². The van der Waals surface area contributed by atoms with Crippen LogP contribution in [0.3, 0.4) is 0 Å². The number of carboxylic acid groups (broad SMARTS) is 1. The van der Waals surface area contributed by atoms with Gasteiger partial charge in [0.1, 0.15) is 0 Å². The molecule has 0 aromatic heterocycles. The molecule has 0 amide bonds. The van der Waals surface area contributed by atoms with Gasteiger partial charge in [-0.15, -0.1) is 0 Å². The SMILES string of the molecule is O=C(O)c1ccc(OCCCN2CCN(C3CC3)CC2)c(F)c1. The molecule has 1 saturated carbocycles. The molecule has 1 aliphatic carbocycles. The first kappa shape index (κ1) is 16.2. The highest BCUT2D eigenvalue weighted by atomic mass is 19.1. The lowest BCUT2D eigenvalue weighted by atomic mass is 10.2. The Balaban J connectivity index is 1.36. The average Bonchev–Trinajstić information content (AvgIpc) is 3.38. The van der Waals surface area contributed by atoms with Gasteiger partial charge < -0.3 is 14.7 Å². The first-order valence-electron chi connectivity index (χ1n) is 8.25. The predicted octanol–water partition coefficient (Wildman–Crippen LogP) is 2.07. The van der Waals surface area contributed by atoms with Gasteiger partial charge in [0.2, 0.25) is 0 Å². The minimum Gasteiger partial charge on any atom is -0.490 e. The van der Waals surface area contributed by atoms with Crippen LogP contribution in [0.25, 0.3) is 0 Å². The van der Waals surface area contributed by atoms with Crippen molar-refractivity contribution in [1.82, 2.24) is 9.80 Å². The number of ether oxygens (including phenoxy) is 1. The van der Waals surface area contributed by atoms with Crippen molar-refractivity contribution >= 4 is 5.97 Å². The van der Waals surface area contributed by atoms with Crippen LogP contribution in [0.4, 0.5) is 4.39 Å². The van der Waals surface area contributed by atoms with Gasteiger partial charge >= 0.3 is 5.97 Å². The van der Waals surface area contributed by atoms with Gasteiger partial charge in [0, 0.05) is 38.8 Å². The van der Waals surface area contributed by atoms with E-state index in [-0.39, 0.29) is 11.3 Å². The summed E-state index contributed by atoms with van der Waals surface area (Å²) in [6.07, 6.45) is 3.56. The highest BCUT2D eigenvalue weighted by Gasteiger charge is 2.30. The number of rotatable bonds is 7. The van der Waals surface area contributed by atoms with Crippen LogP contribution in [0.15, 0.2) is 18.2 Å². The summed E-state index contributed by atoms with van der Waals surface area (Å²) in [6, 6.07) is 4.58. The molecule has 1 aliphatic heterocycles. The molecule has 5 nitrogen and oxygen atoms in total. The third-order valence-corrected chi connectivity index (χ3v) is 4.53. The van der Waals surface area contributed by atoms with Crippen LogP contribution >= 0.6 is 0 Å². The zero-order valence-electron chi connectivity index (χ0n) is 13.2. The van der Waals surface area contributed by atoms with Crippen LogP contribution in [0.1, 0.15) is 29.6 Å². The summed E-state index contributed by atoms with van der Waals surface area (Å²) in [6.45, 7) is 5.88. The topological polar surface area (TPSA) is 53.0 Å². The molecule has 0 radical (unpaired) electrons. The number of aromatic carboxylic acids is 1. The van der Waals surface area contributed by atoms with Crippen LogP contribution in [0.5, 0.6) is 5.75 Å². The van der Waals surface area contributed by atoms with E-state index in [1.165, 1.54) is 25.0 Å². The number of benzene rings is 1. The number of halogens is 1. The second kappa shape index (κ2) is 7.27. The van der Waals surface area contributed by atoms with E-state index in [0.717, 1.165) is 51.3 Å². The Bertz CT molecular complexity index is 555. The van der Waals surface area contributed by atoms with Gasteiger partial charge in [-0.3, -0.25) is 4.90 Å². The van der Waals surface area contributed by atoms with Gasteiger partial charge in [-0.2, -0.15) is 0 Å². The molecule has 0 spiro atoms. The van der Waals surface area contributed by atoms with Crippen LogP contribution in [0, 0.1) is 5.82 Å². The van der Waals surface area contributed by atoms with Crippen LogP contribution in [-0.2, 0) is 0 Å². The van der Waals surface area contributed by atoms with Gasteiger partial charge in [-0.25, -0.2) is 9.18 Å². The second-order valence-electron chi connectivity index (χ2n) is 6.26. The van der Waals surface area contributed by atoms with E-state index < -0.39 is 11.8 Å². The van der Waals surface area contributed by atoms with Crippen molar-refractivity contribution in [3.63, 3.8) is 0 Å². The maximum atomic E-state index is 13.7. The zero-order valence-corrected chi connectivity index (χ0v) is 13.2. The Morgan fingerprint density at radius 2 is 2.00 bits per heavy atom. The molecule has 3 rings (SSSR count). The van der Waals surface area contributed by atoms with Crippen LogP contribution in [-0.4, -0.2) is 66.2 Å². The molecule has 126 valence electrons. The van der Waals surface area contributed by atoms with Gasteiger partial charge in [0.25, 0.3) is 0 Å². The summed E-state index contributed by atoms with van der Waals surface area (Å²) in [5.41, 5.74) is -0.0663. The lowest BCUT2D eigenvalue weighted by molar-refractivity contribution is 0.0696. The second-order valence-corrected chi connectivity index (χ2v) is 6.26. The summed E-state index contributed by atoms with van der Waals surface area (Å²) in [7, 11) is 0. The number of carbonyl (C=O) groups is 1. The first-order chi connectivity index (χ1) is 11.1. The molecule has 1 heterocycles. The lowest BCUT2D eigenvalue weighted by Crippen LogP contribution is -2.47. The standard InChI is InChI=1S/C17H23FN2O3/c18-15-12-13(17(21)22)2-5-16(15)23-11-1-6-19-7-9-20(10-8-19)14-3-4-14/h2,5,12,14H,1,3-4,6-11H2,(H,21,22). The minimum absolute atomic E-state index is 0.0663. The van der Waals surface area contributed by atoms with Gasteiger partial charge in [0.15, 0.2) is 11.6 Å². The summed E-state index contributed by atoms with van der Waals surface area (Å²) >= 11 is 0. The lowest BCUT2D eigenvalue weighted by Gasteiger charge is -2.34. The molecule has 0 unspecified atom stereocenters. The third kappa shape index (κ3) is 4.42. The largest absolute Gasteiger partial charge is 0.490 e. The fourth-order valence-electron chi connectivity index (χ4n) is 3.01. The Kier molecular flexibility index (Phi) is 5.13. The Morgan fingerprint density at radius 1 is 1.26 bits per heavy atom. The molecule has 2 fully saturated rings. The molecule has 1 aromatic carbocycles. The smallest absolute Gasteiger partial charge is 0.335 e. The van der Waals surface area contributed by atoms with Crippen LogP contribution in [0.2, 0.25) is 0 Å². The van der Waals surface area contributed by atoms with E-state index in [1.807, 2.05) is 0 Å². The van der Waals surface area contributed by atoms with E-state index in [0.29, 0.717) is 6.61 Å². The molecule has 23 heavy (non-hydrogen) atoms. The van der Waals surface area contributed by atoms with Gasteiger partial charge in [0.05, 0.1) is 12.2 Å². The maximum absolute atomic E-state index is 13.7. The number of hydrogen-bond donors (Lipinski definition) is 1. The number of hydrogen-bond acceptors (Lipinski definition) is 4. The zero-order chi connectivity index (χ0) is 16.2. The highest BCUT2D eigenvalue weighted by Crippen LogP contribution is 2.27. The summed E-state index contributed by atoms with van der Waals surface area (Å²) < 4.78 is 19.1. The van der Waals surface area contributed by atoms with Crippen molar-refractivity contribution in [2.24, 2.45) is 0 Å². The van der Waals surface area contributed by atoms with Crippen molar-refractivity contribution in [1.29, 1.82) is 0 Å². The molecule has 1 aromatic rings. The number of nitrogens with zero attached hydrogens (tertiary/aromatic N) is 2. The van der Waals surface area contributed by atoms with Crippen molar-refractivity contribution in [3.8, 4) is 5.75 Å². The fourth-order valence-corrected chi connectivity index (χ4v) is 3.01. The Hall–Kier alpha value is -1.66. The van der Waals surface area contributed by atoms with Crippen molar-refractivity contribution < 1.29 is 19.0 Å². The molecule has 1 saturated heterocycles. The van der Waals surface area contributed by atoms with E-state index in [4.69, 9.17) is 9.84 Å². The van der Waals surface area contributed by atoms with Crippen molar-refractivity contribution in [2.45, 2.75) is 25.3 Å². The average molecular weight is 322 g/mol. The Morgan fingerprint density at radius 3 is 2.61 bits per heavy atom. The highest BCUT2D eigenvalue weighted by molar-refractivity contribution is 5.87. The summed E-state index contributed by atoms with van der Waals surface area (Å²) in [5, 5.41) is 8.80. The van der Waals surface area contributed by atoms with Gasteiger partial charge in [-0.05, 0) is 37.5 Å². The van der Waals surface area contributed by atoms with Gasteiger partial charge in [-0.1, -0.05) is 0 Å². The van der Waals surface area contributed by atoms with E-state index in [1.54, 1.807) is 0 Å². The minimum atomic E-state index is -1.14. The Labute approximate surface area is 135 Å². The monoisotopic (exact) mass is 322 g/mol. The summed E-state index contributed by atoms with van der Waals surface area (Å²) in [4.78, 5) is 15.8. The molecule has 0 atom stereocenters. The quantitative estimate of drug-likeness (QED) is 0.779. The molecule has 1 N–H and O–H groups in total. The van der Waals surface area contributed by atoms with Crippen molar-refractivity contribution in [2.75, 3.05) is 39.3 Å².